The van der Waals surface area contributed by atoms with Gasteiger partial charge in [-0.1, -0.05) is 48.5 Å². The van der Waals surface area contributed by atoms with Gasteiger partial charge in [0, 0.05) is 25.4 Å². The number of hydrogen-bond acceptors (Lipinski definition) is 4. The van der Waals surface area contributed by atoms with Crippen LogP contribution in [0, 0.1) is 5.92 Å². The zero-order chi connectivity index (χ0) is 22.7. The zero-order valence-electron chi connectivity index (χ0n) is 19.3. The molecule has 0 bridgehead atoms. The number of carbonyl (C=O) groups is 2. The molecule has 0 atom stereocenters. The topological polar surface area (TPSA) is 55.8 Å². The summed E-state index contributed by atoms with van der Waals surface area (Å²) in [5, 5.41) is 0. The molecule has 1 fully saturated rings. The average Bonchev–Trinajstić information content (AvgIpc) is 3.09. The molecule has 0 unspecified atom stereocenters. The normalized spacial score (nSPS) is 16.4. The van der Waals surface area contributed by atoms with Crippen LogP contribution in [0.5, 0.6) is 0 Å². The van der Waals surface area contributed by atoms with Crippen molar-refractivity contribution in [2.75, 3.05) is 19.7 Å². The minimum absolute atomic E-state index is 0.0812. The van der Waals surface area contributed by atoms with Crippen molar-refractivity contribution >= 4 is 12.1 Å². The average molecular weight is 436 g/mol. The first-order chi connectivity index (χ1) is 15.3. The van der Waals surface area contributed by atoms with Gasteiger partial charge in [0.2, 0.25) is 0 Å². The van der Waals surface area contributed by atoms with Gasteiger partial charge < -0.3 is 14.4 Å². The highest BCUT2D eigenvalue weighted by atomic mass is 16.6. The summed E-state index contributed by atoms with van der Waals surface area (Å²) in [6.45, 7) is 7.37. The monoisotopic (exact) mass is 435 g/mol. The first kappa shape index (κ1) is 22.4. The number of rotatable bonds is 5. The van der Waals surface area contributed by atoms with Gasteiger partial charge in [0.05, 0.1) is 0 Å². The predicted molar refractivity (Wildman–Crippen MR) is 124 cm³/mol. The van der Waals surface area contributed by atoms with Crippen LogP contribution in [0.25, 0.3) is 11.1 Å². The lowest BCUT2D eigenvalue weighted by Gasteiger charge is -2.31. The number of likely N-dealkylation sites (tertiary alicyclic amines) is 1. The number of hydrogen-bond donors (Lipinski definition) is 0. The summed E-state index contributed by atoms with van der Waals surface area (Å²) in [7, 11) is 0. The number of nitrogens with zero attached hydrogens (tertiary/aromatic N) is 1. The maximum absolute atomic E-state index is 12.7. The molecule has 0 radical (unpaired) electrons. The summed E-state index contributed by atoms with van der Waals surface area (Å²) in [5.74, 6) is 0.384. The van der Waals surface area contributed by atoms with Crippen LogP contribution in [-0.2, 0) is 14.3 Å². The molecule has 1 heterocycles. The van der Waals surface area contributed by atoms with Crippen molar-refractivity contribution in [1.29, 1.82) is 0 Å². The molecule has 1 aliphatic heterocycles. The molecule has 5 nitrogen and oxygen atoms in total. The number of esters is 1. The van der Waals surface area contributed by atoms with Crippen molar-refractivity contribution in [3.05, 3.63) is 59.7 Å². The van der Waals surface area contributed by atoms with E-state index in [-0.39, 0.29) is 18.0 Å². The van der Waals surface area contributed by atoms with E-state index >= 15 is 0 Å². The molecule has 2 aromatic carbocycles. The summed E-state index contributed by atoms with van der Waals surface area (Å²) < 4.78 is 11.2. The van der Waals surface area contributed by atoms with Crippen LogP contribution in [0.3, 0.4) is 0 Å². The molecular weight excluding hydrogens is 402 g/mol. The Morgan fingerprint density at radius 1 is 0.938 bits per heavy atom. The van der Waals surface area contributed by atoms with Crippen LogP contribution in [0.2, 0.25) is 0 Å². The van der Waals surface area contributed by atoms with E-state index in [1.165, 1.54) is 22.3 Å². The molecule has 32 heavy (non-hydrogen) atoms. The van der Waals surface area contributed by atoms with Crippen LogP contribution >= 0.6 is 0 Å². The SMILES string of the molecule is CC(C)(C)OC(=O)CCC1CCN(C(=O)OCC2c3ccccc3-c3ccccc32)CC1. The fourth-order valence-electron chi connectivity index (χ4n) is 4.80. The highest BCUT2D eigenvalue weighted by Gasteiger charge is 2.30. The second kappa shape index (κ2) is 9.35. The minimum atomic E-state index is -0.440. The standard InChI is InChI=1S/C27H33NO4/c1-27(2,3)32-25(29)13-12-19-14-16-28(17-15-19)26(30)31-18-24-22-10-6-4-8-20(22)21-9-5-7-11-23(21)24/h4-11,19,24H,12-18H2,1-3H3. The lowest BCUT2D eigenvalue weighted by atomic mass is 9.92. The molecule has 2 aliphatic rings. The van der Waals surface area contributed by atoms with Gasteiger partial charge in [-0.2, -0.15) is 0 Å². The lowest BCUT2D eigenvalue weighted by Crippen LogP contribution is -2.39. The summed E-state index contributed by atoms with van der Waals surface area (Å²) in [6.07, 6.45) is 2.80. The van der Waals surface area contributed by atoms with Gasteiger partial charge in [-0.3, -0.25) is 4.79 Å². The third kappa shape index (κ3) is 5.14. The number of carbonyl (C=O) groups excluding carboxylic acids is 2. The molecular formula is C27H33NO4. The summed E-state index contributed by atoms with van der Waals surface area (Å²) in [4.78, 5) is 26.5. The molecule has 1 saturated heterocycles. The van der Waals surface area contributed by atoms with E-state index in [0.717, 1.165) is 19.3 Å². The van der Waals surface area contributed by atoms with Gasteiger partial charge in [-0.15, -0.1) is 0 Å². The fraction of sp³-hybridized carbons (Fsp3) is 0.481. The Hall–Kier alpha value is -2.82. The molecule has 1 amide bonds. The Morgan fingerprint density at radius 2 is 1.50 bits per heavy atom. The van der Waals surface area contributed by atoms with Crippen molar-refractivity contribution in [2.24, 2.45) is 5.92 Å². The van der Waals surface area contributed by atoms with Crippen LogP contribution in [0.15, 0.2) is 48.5 Å². The molecule has 4 rings (SSSR count). The maximum atomic E-state index is 12.7. The van der Waals surface area contributed by atoms with Crippen LogP contribution < -0.4 is 0 Å². The molecule has 2 aromatic rings. The Kier molecular flexibility index (Phi) is 6.54. The number of amides is 1. The number of benzene rings is 2. The van der Waals surface area contributed by atoms with Gasteiger partial charge in [-0.25, -0.2) is 4.79 Å². The second-order valence-corrected chi connectivity index (χ2v) is 9.86. The molecule has 1 aliphatic carbocycles. The first-order valence-electron chi connectivity index (χ1n) is 11.6. The fourth-order valence-corrected chi connectivity index (χ4v) is 4.80. The van der Waals surface area contributed by atoms with E-state index < -0.39 is 5.60 Å². The lowest BCUT2D eigenvalue weighted by molar-refractivity contribution is -0.155. The van der Waals surface area contributed by atoms with Gasteiger partial charge in [0.1, 0.15) is 12.2 Å². The van der Waals surface area contributed by atoms with Crippen LogP contribution in [-0.4, -0.2) is 42.3 Å². The highest BCUT2D eigenvalue weighted by molar-refractivity contribution is 5.79. The Balaban J connectivity index is 1.26. The third-order valence-electron chi connectivity index (χ3n) is 6.39. The summed E-state index contributed by atoms with van der Waals surface area (Å²) >= 11 is 0. The quantitative estimate of drug-likeness (QED) is 0.560. The van der Waals surface area contributed by atoms with E-state index in [1.807, 2.05) is 32.9 Å². The van der Waals surface area contributed by atoms with Gasteiger partial charge in [0.25, 0.3) is 0 Å². The van der Waals surface area contributed by atoms with Crippen LogP contribution in [0.4, 0.5) is 4.79 Å². The van der Waals surface area contributed by atoms with Gasteiger partial charge >= 0.3 is 12.1 Å². The number of piperidine rings is 1. The van der Waals surface area contributed by atoms with E-state index in [9.17, 15) is 9.59 Å². The Labute approximate surface area is 190 Å². The maximum Gasteiger partial charge on any atom is 0.409 e. The van der Waals surface area contributed by atoms with Crippen molar-refractivity contribution in [3.63, 3.8) is 0 Å². The molecule has 0 saturated carbocycles. The van der Waals surface area contributed by atoms with Crippen molar-refractivity contribution in [3.8, 4) is 11.1 Å². The van der Waals surface area contributed by atoms with E-state index in [2.05, 4.69) is 36.4 Å². The van der Waals surface area contributed by atoms with Crippen molar-refractivity contribution in [2.45, 2.75) is 58.0 Å². The summed E-state index contributed by atoms with van der Waals surface area (Å²) in [6, 6.07) is 16.7. The van der Waals surface area contributed by atoms with Crippen LogP contribution in [0.1, 0.15) is 63.5 Å². The first-order valence-corrected chi connectivity index (χ1v) is 11.6. The summed E-state index contributed by atoms with van der Waals surface area (Å²) in [5.41, 5.74) is 4.47. The molecule has 0 spiro atoms. The highest BCUT2D eigenvalue weighted by Crippen LogP contribution is 2.44. The Bertz CT molecular complexity index is 924. The second-order valence-electron chi connectivity index (χ2n) is 9.86. The third-order valence-corrected chi connectivity index (χ3v) is 6.39. The zero-order valence-corrected chi connectivity index (χ0v) is 19.3. The minimum Gasteiger partial charge on any atom is -0.460 e. The van der Waals surface area contributed by atoms with E-state index in [4.69, 9.17) is 9.47 Å². The largest absolute Gasteiger partial charge is 0.460 e. The smallest absolute Gasteiger partial charge is 0.409 e. The van der Waals surface area contributed by atoms with Gasteiger partial charge in [0.15, 0.2) is 0 Å². The molecule has 0 aromatic heterocycles. The number of fused-ring (bicyclic) bond motifs is 3. The number of ether oxygens (including phenoxy) is 2. The predicted octanol–water partition coefficient (Wildman–Crippen LogP) is 5.77. The van der Waals surface area contributed by atoms with Crippen molar-refractivity contribution < 1.29 is 19.1 Å². The molecule has 5 heteroatoms. The van der Waals surface area contributed by atoms with E-state index in [1.54, 1.807) is 4.90 Å². The van der Waals surface area contributed by atoms with Gasteiger partial charge in [-0.05, 0) is 68.2 Å². The van der Waals surface area contributed by atoms with Crippen molar-refractivity contribution in [1.82, 2.24) is 4.90 Å². The van der Waals surface area contributed by atoms with E-state index in [0.29, 0.717) is 32.0 Å². The molecule has 0 N–H and O–H groups in total. The molecule has 170 valence electrons. The Morgan fingerprint density at radius 3 is 2.06 bits per heavy atom.